The number of aromatic amines is 1. The van der Waals surface area contributed by atoms with Crippen LogP contribution in [0.25, 0.3) is 33.2 Å². The van der Waals surface area contributed by atoms with E-state index in [1.165, 1.54) is 0 Å². The summed E-state index contributed by atoms with van der Waals surface area (Å²) in [5.41, 5.74) is 4.24. The highest BCUT2D eigenvalue weighted by Gasteiger charge is 2.10. The summed E-state index contributed by atoms with van der Waals surface area (Å²) < 4.78 is 0. The van der Waals surface area contributed by atoms with Gasteiger partial charge >= 0.3 is 0 Å². The number of aliphatic hydroxyl groups is 2. The maximum absolute atomic E-state index is 9.42. The third kappa shape index (κ3) is 5.23. The van der Waals surface area contributed by atoms with Crippen LogP contribution in [0.1, 0.15) is 5.82 Å². The number of fused-ring (bicyclic) bond motifs is 2. The molecule has 0 saturated carbocycles. The van der Waals surface area contributed by atoms with Crippen molar-refractivity contribution in [3.8, 4) is 11.3 Å². The van der Waals surface area contributed by atoms with Gasteiger partial charge in [0, 0.05) is 23.5 Å². The number of halogens is 1. The van der Waals surface area contributed by atoms with Crippen molar-refractivity contribution in [2.24, 2.45) is 0 Å². The van der Waals surface area contributed by atoms with Crippen molar-refractivity contribution < 1.29 is 10.2 Å². The molecule has 164 valence electrons. The van der Waals surface area contributed by atoms with E-state index in [-0.39, 0.29) is 13.2 Å². The lowest BCUT2D eigenvalue weighted by molar-refractivity contribution is 0.153. The van der Waals surface area contributed by atoms with Crippen LogP contribution >= 0.6 is 11.6 Å². The molecule has 1 aromatic heterocycles. The molecule has 0 fully saturated rings. The first-order chi connectivity index (χ1) is 15.7. The van der Waals surface area contributed by atoms with E-state index in [4.69, 9.17) is 21.6 Å². The molecule has 32 heavy (non-hydrogen) atoms. The summed E-state index contributed by atoms with van der Waals surface area (Å²) in [6.07, 6.45) is 0. The molecule has 0 spiro atoms. The van der Waals surface area contributed by atoms with Crippen LogP contribution in [0, 0.1) is 0 Å². The van der Waals surface area contributed by atoms with Gasteiger partial charge in [-0.05, 0) is 35.9 Å². The molecule has 1 heterocycles. The fourth-order valence-electron chi connectivity index (χ4n) is 3.64. The maximum Gasteiger partial charge on any atom is 0.143 e. The number of H-pyrrole nitrogens is 1. The Kier molecular flexibility index (Phi) is 7.29. The number of hydrogen-bond acceptors (Lipinski definition) is 5. The Morgan fingerprint density at radius 1 is 0.812 bits per heavy atom. The molecule has 7 heteroatoms. The standard InChI is InChI=1S/C25H25ClN4O2/c26-19-10-11-21-20(16-19)25(18-6-2-1-3-7-18)29-23-9-5-4-8-22(23)28-24(27-21)17-30(12-14-31)13-15-32/h1-11,16,29,31-32H,12-15,17H2. The number of benzene rings is 3. The van der Waals surface area contributed by atoms with Crippen LogP contribution in [-0.4, -0.2) is 56.4 Å². The number of hydrogen-bond donors (Lipinski definition) is 3. The molecule has 0 unspecified atom stereocenters. The van der Waals surface area contributed by atoms with E-state index in [9.17, 15) is 10.2 Å². The molecule has 0 saturated heterocycles. The summed E-state index contributed by atoms with van der Waals surface area (Å²) in [6, 6.07) is 23.5. The second-order valence-corrected chi connectivity index (χ2v) is 7.84. The molecule has 0 atom stereocenters. The third-order valence-corrected chi connectivity index (χ3v) is 5.39. The van der Waals surface area contributed by atoms with Crippen LogP contribution in [0.15, 0.2) is 72.8 Å². The topological polar surface area (TPSA) is 85.3 Å². The summed E-state index contributed by atoms with van der Waals surface area (Å²) in [5.74, 6) is 0.582. The van der Waals surface area contributed by atoms with Gasteiger partial charge in [0.2, 0.25) is 0 Å². The van der Waals surface area contributed by atoms with Crippen LogP contribution < -0.4 is 0 Å². The molecule has 0 aliphatic rings. The number of aromatic nitrogens is 3. The molecule has 3 aromatic carbocycles. The van der Waals surface area contributed by atoms with E-state index in [1.807, 2.05) is 77.7 Å². The van der Waals surface area contributed by atoms with Gasteiger partial charge in [0.1, 0.15) is 5.82 Å². The van der Waals surface area contributed by atoms with E-state index in [2.05, 4.69) is 4.98 Å². The normalized spacial score (nSPS) is 11.2. The van der Waals surface area contributed by atoms with Crippen LogP contribution in [0.2, 0.25) is 5.02 Å². The number of para-hydroxylation sites is 2. The summed E-state index contributed by atoms with van der Waals surface area (Å²) in [5, 5.41) is 20.3. The van der Waals surface area contributed by atoms with E-state index in [0.29, 0.717) is 30.5 Å². The average molecular weight is 449 g/mol. The van der Waals surface area contributed by atoms with Gasteiger partial charge < -0.3 is 15.2 Å². The summed E-state index contributed by atoms with van der Waals surface area (Å²) in [6.45, 7) is 1.21. The molecule has 0 bridgehead atoms. The zero-order valence-corrected chi connectivity index (χ0v) is 18.3. The van der Waals surface area contributed by atoms with Crippen molar-refractivity contribution in [1.29, 1.82) is 0 Å². The first-order valence-corrected chi connectivity index (χ1v) is 10.9. The van der Waals surface area contributed by atoms with Crippen LogP contribution in [0.3, 0.4) is 0 Å². The van der Waals surface area contributed by atoms with Gasteiger partial charge in [0.25, 0.3) is 0 Å². The van der Waals surface area contributed by atoms with Gasteiger partial charge in [-0.1, -0.05) is 54.1 Å². The molecule has 6 nitrogen and oxygen atoms in total. The molecular weight excluding hydrogens is 424 g/mol. The predicted molar refractivity (Wildman–Crippen MR) is 129 cm³/mol. The van der Waals surface area contributed by atoms with Gasteiger partial charge in [0.15, 0.2) is 0 Å². The van der Waals surface area contributed by atoms with Crippen molar-refractivity contribution in [2.45, 2.75) is 6.54 Å². The second-order valence-electron chi connectivity index (χ2n) is 7.41. The van der Waals surface area contributed by atoms with Gasteiger partial charge in [-0.3, -0.25) is 4.90 Å². The van der Waals surface area contributed by atoms with Crippen molar-refractivity contribution in [3.05, 3.63) is 83.6 Å². The molecule has 4 rings (SSSR count). The zero-order chi connectivity index (χ0) is 22.3. The Labute approximate surface area is 191 Å². The zero-order valence-electron chi connectivity index (χ0n) is 17.6. The lowest BCUT2D eigenvalue weighted by Crippen LogP contribution is -2.30. The smallest absolute Gasteiger partial charge is 0.143 e. The lowest BCUT2D eigenvalue weighted by atomic mass is 10.1. The lowest BCUT2D eigenvalue weighted by Gasteiger charge is -2.18. The second kappa shape index (κ2) is 10.5. The van der Waals surface area contributed by atoms with Crippen LogP contribution in [0.5, 0.6) is 0 Å². The SMILES string of the molecule is OCCN(CCO)Cc1nc2ccccc2[nH]c(-c2ccccc2)c2cc(Cl)ccc2n1. The molecule has 0 aliphatic carbocycles. The van der Waals surface area contributed by atoms with E-state index in [1.54, 1.807) is 0 Å². The third-order valence-electron chi connectivity index (χ3n) is 5.15. The Morgan fingerprint density at radius 3 is 2.25 bits per heavy atom. The number of rotatable bonds is 7. The molecule has 0 aliphatic heterocycles. The Balaban J connectivity index is 2.06. The van der Waals surface area contributed by atoms with Gasteiger partial charge in [-0.25, -0.2) is 9.97 Å². The highest BCUT2D eigenvalue weighted by atomic mass is 35.5. The summed E-state index contributed by atoms with van der Waals surface area (Å²) >= 11 is 6.39. The van der Waals surface area contributed by atoms with Crippen LogP contribution in [-0.2, 0) is 6.54 Å². The predicted octanol–water partition coefficient (Wildman–Crippen LogP) is 4.34. The minimum absolute atomic E-state index is 0.0104. The molecule has 0 amide bonds. The maximum atomic E-state index is 9.42. The molecule has 3 N–H and O–H groups in total. The Bertz CT molecular complexity index is 1250. The van der Waals surface area contributed by atoms with Crippen molar-refractivity contribution in [2.75, 3.05) is 26.3 Å². The van der Waals surface area contributed by atoms with E-state index >= 15 is 0 Å². The van der Waals surface area contributed by atoms with Gasteiger partial charge in [-0.2, -0.15) is 0 Å². The minimum atomic E-state index is -0.0104. The first kappa shape index (κ1) is 22.2. The summed E-state index contributed by atoms with van der Waals surface area (Å²) in [4.78, 5) is 15.2. The average Bonchev–Trinajstić information content (AvgIpc) is 2.86. The van der Waals surface area contributed by atoms with Gasteiger partial charge in [-0.15, -0.1) is 0 Å². The highest BCUT2D eigenvalue weighted by Crippen LogP contribution is 2.28. The highest BCUT2D eigenvalue weighted by molar-refractivity contribution is 6.31. The van der Waals surface area contributed by atoms with Crippen molar-refractivity contribution in [1.82, 2.24) is 19.9 Å². The minimum Gasteiger partial charge on any atom is -0.395 e. The van der Waals surface area contributed by atoms with Crippen LogP contribution in [0.4, 0.5) is 0 Å². The first-order valence-electron chi connectivity index (χ1n) is 10.5. The largest absolute Gasteiger partial charge is 0.395 e. The van der Waals surface area contributed by atoms with Crippen molar-refractivity contribution >= 4 is 33.5 Å². The number of nitrogens with one attached hydrogen (secondary N) is 1. The molecular formula is C25H25ClN4O2. The fourth-order valence-corrected chi connectivity index (χ4v) is 3.82. The Morgan fingerprint density at radius 2 is 1.50 bits per heavy atom. The quantitative estimate of drug-likeness (QED) is 0.391. The van der Waals surface area contributed by atoms with Crippen molar-refractivity contribution in [3.63, 3.8) is 0 Å². The number of nitrogens with zero attached hydrogens (tertiary/aromatic N) is 3. The molecule has 0 radical (unpaired) electrons. The molecule has 4 aromatic rings. The number of aliphatic hydroxyl groups excluding tert-OH is 2. The summed E-state index contributed by atoms with van der Waals surface area (Å²) in [7, 11) is 0. The van der Waals surface area contributed by atoms with E-state index < -0.39 is 0 Å². The Hall–Kier alpha value is -3.03. The monoisotopic (exact) mass is 448 g/mol. The fraction of sp³-hybridized carbons (Fsp3) is 0.200. The van der Waals surface area contributed by atoms with E-state index in [0.717, 1.165) is 33.2 Å². The van der Waals surface area contributed by atoms with Gasteiger partial charge in [0.05, 0.1) is 42.0 Å².